The van der Waals surface area contributed by atoms with Crippen molar-refractivity contribution < 1.29 is 10.2 Å². The summed E-state index contributed by atoms with van der Waals surface area (Å²) in [5.74, 6) is 0.504. The second kappa shape index (κ2) is 4.78. The topological polar surface area (TPSA) is 52.5 Å². The zero-order chi connectivity index (χ0) is 12.3. The molecule has 0 spiro atoms. The van der Waals surface area contributed by atoms with Crippen molar-refractivity contribution in [2.24, 2.45) is 0 Å². The van der Waals surface area contributed by atoms with Gasteiger partial charge in [-0.2, -0.15) is 0 Å². The van der Waals surface area contributed by atoms with E-state index in [-0.39, 0.29) is 11.5 Å². The Balaban J connectivity index is 2.30. The van der Waals surface area contributed by atoms with Crippen molar-refractivity contribution in [3.63, 3.8) is 0 Å². The quantitative estimate of drug-likeness (QED) is 0.758. The zero-order valence-electron chi connectivity index (χ0n) is 9.64. The molecule has 0 aromatic heterocycles. The van der Waals surface area contributed by atoms with Gasteiger partial charge in [0.15, 0.2) is 0 Å². The first kappa shape index (κ1) is 11.3. The molecule has 3 N–H and O–H groups in total. The van der Waals surface area contributed by atoms with Crippen LogP contribution in [0.3, 0.4) is 0 Å². The maximum Gasteiger partial charge on any atom is 0.119 e. The highest BCUT2D eigenvalue weighted by molar-refractivity contribution is 5.51. The lowest BCUT2D eigenvalue weighted by Gasteiger charge is -2.08. The molecular formula is C14H15NO2. The fourth-order valence-corrected chi connectivity index (χ4v) is 1.80. The number of hydrogen-bond acceptors (Lipinski definition) is 3. The Morgan fingerprint density at radius 2 is 1.82 bits per heavy atom. The summed E-state index contributed by atoms with van der Waals surface area (Å²) >= 11 is 0. The van der Waals surface area contributed by atoms with Crippen LogP contribution >= 0.6 is 0 Å². The van der Waals surface area contributed by atoms with E-state index in [0.29, 0.717) is 6.42 Å². The summed E-state index contributed by atoms with van der Waals surface area (Å²) in [4.78, 5) is 0. The monoisotopic (exact) mass is 229 g/mol. The van der Waals surface area contributed by atoms with Crippen LogP contribution in [-0.4, -0.2) is 17.3 Å². The maximum absolute atomic E-state index is 9.69. The van der Waals surface area contributed by atoms with Gasteiger partial charge in [0.1, 0.15) is 11.5 Å². The molecule has 0 radical (unpaired) electrons. The van der Waals surface area contributed by atoms with E-state index in [0.717, 1.165) is 16.8 Å². The molecule has 0 fully saturated rings. The van der Waals surface area contributed by atoms with E-state index in [9.17, 15) is 10.2 Å². The Labute approximate surface area is 100 Å². The fourth-order valence-electron chi connectivity index (χ4n) is 1.80. The third kappa shape index (κ3) is 2.69. The number of anilines is 1. The minimum atomic E-state index is 0.224. The average molecular weight is 229 g/mol. The first-order valence-electron chi connectivity index (χ1n) is 5.46. The molecule has 0 amide bonds. The highest BCUT2D eigenvalue weighted by Gasteiger charge is 2.04. The van der Waals surface area contributed by atoms with Crippen molar-refractivity contribution >= 4 is 5.69 Å². The predicted octanol–water partition coefficient (Wildman–Crippen LogP) is 2.73. The molecule has 88 valence electrons. The van der Waals surface area contributed by atoms with E-state index in [1.165, 1.54) is 0 Å². The van der Waals surface area contributed by atoms with Crippen LogP contribution in [-0.2, 0) is 6.42 Å². The molecule has 3 nitrogen and oxygen atoms in total. The smallest absolute Gasteiger partial charge is 0.119 e. The van der Waals surface area contributed by atoms with Gasteiger partial charge in [0, 0.05) is 25.2 Å². The Morgan fingerprint density at radius 1 is 1.06 bits per heavy atom. The zero-order valence-corrected chi connectivity index (χ0v) is 9.64. The summed E-state index contributed by atoms with van der Waals surface area (Å²) in [5, 5.41) is 22.2. The fraction of sp³-hybridized carbons (Fsp3) is 0.143. The van der Waals surface area contributed by atoms with Gasteiger partial charge in [0.05, 0.1) is 0 Å². The number of nitrogens with one attached hydrogen (secondary N) is 1. The van der Waals surface area contributed by atoms with Crippen molar-refractivity contribution in [1.29, 1.82) is 0 Å². The van der Waals surface area contributed by atoms with Gasteiger partial charge in [-0.25, -0.2) is 0 Å². The molecule has 0 unspecified atom stereocenters. The molecule has 3 heteroatoms. The highest BCUT2D eigenvalue weighted by atomic mass is 16.3. The number of hydrogen-bond donors (Lipinski definition) is 3. The van der Waals surface area contributed by atoms with E-state index in [2.05, 4.69) is 5.32 Å². The third-order valence-corrected chi connectivity index (χ3v) is 2.65. The molecular weight excluding hydrogens is 214 g/mol. The Morgan fingerprint density at radius 3 is 2.53 bits per heavy atom. The van der Waals surface area contributed by atoms with Crippen molar-refractivity contribution in [2.45, 2.75) is 6.42 Å². The highest BCUT2D eigenvalue weighted by Crippen LogP contribution is 2.24. The molecule has 0 aliphatic carbocycles. The van der Waals surface area contributed by atoms with Gasteiger partial charge in [-0.1, -0.05) is 18.2 Å². The summed E-state index contributed by atoms with van der Waals surface area (Å²) in [6.45, 7) is 0. The van der Waals surface area contributed by atoms with Gasteiger partial charge in [0.25, 0.3) is 0 Å². The molecule has 2 aromatic rings. The van der Waals surface area contributed by atoms with Crippen LogP contribution in [0.1, 0.15) is 11.1 Å². The molecule has 0 heterocycles. The van der Waals surface area contributed by atoms with Gasteiger partial charge >= 0.3 is 0 Å². The molecule has 2 rings (SSSR count). The Bertz CT molecular complexity index is 523. The number of para-hydroxylation sites is 1. The van der Waals surface area contributed by atoms with Gasteiger partial charge in [-0.05, 0) is 29.3 Å². The van der Waals surface area contributed by atoms with Crippen LogP contribution in [0.15, 0.2) is 42.5 Å². The predicted molar refractivity (Wildman–Crippen MR) is 68.6 cm³/mol. The van der Waals surface area contributed by atoms with Crippen LogP contribution in [0.4, 0.5) is 5.69 Å². The van der Waals surface area contributed by atoms with Crippen LogP contribution < -0.4 is 5.32 Å². The van der Waals surface area contributed by atoms with Gasteiger partial charge in [-0.3, -0.25) is 0 Å². The molecule has 0 saturated carbocycles. The van der Waals surface area contributed by atoms with Gasteiger partial charge in [0.2, 0.25) is 0 Å². The van der Waals surface area contributed by atoms with Crippen LogP contribution in [0.25, 0.3) is 0 Å². The van der Waals surface area contributed by atoms with Crippen molar-refractivity contribution in [3.8, 4) is 11.5 Å². The summed E-state index contributed by atoms with van der Waals surface area (Å²) < 4.78 is 0. The van der Waals surface area contributed by atoms with E-state index in [1.54, 1.807) is 31.3 Å². The second-order valence-electron chi connectivity index (χ2n) is 3.94. The van der Waals surface area contributed by atoms with Crippen LogP contribution in [0, 0.1) is 0 Å². The van der Waals surface area contributed by atoms with E-state index in [4.69, 9.17) is 0 Å². The first-order chi connectivity index (χ1) is 8.19. The van der Waals surface area contributed by atoms with Gasteiger partial charge < -0.3 is 15.5 Å². The molecule has 0 saturated heterocycles. The summed E-state index contributed by atoms with van der Waals surface area (Å²) in [5.41, 5.74) is 2.66. The van der Waals surface area contributed by atoms with Gasteiger partial charge in [-0.15, -0.1) is 0 Å². The molecule has 2 aromatic carbocycles. The lowest BCUT2D eigenvalue weighted by Crippen LogP contribution is -1.92. The standard InChI is InChI=1S/C14H15NO2/c1-15-12-7-10(8-13(16)9-12)6-11-4-2-3-5-14(11)17/h2-5,7-9,15-17H,6H2,1H3. The SMILES string of the molecule is CNc1cc(O)cc(Cc2ccccc2O)c1. The number of phenols is 2. The lowest BCUT2D eigenvalue weighted by molar-refractivity contribution is 0.468. The molecule has 0 aliphatic rings. The number of rotatable bonds is 3. The molecule has 0 aliphatic heterocycles. The summed E-state index contributed by atoms with van der Waals surface area (Å²) in [7, 11) is 1.80. The molecule has 0 atom stereocenters. The van der Waals surface area contributed by atoms with E-state index in [1.807, 2.05) is 18.2 Å². The first-order valence-corrected chi connectivity index (χ1v) is 5.46. The maximum atomic E-state index is 9.69. The summed E-state index contributed by atoms with van der Waals surface area (Å²) in [6.07, 6.45) is 0.593. The number of phenolic OH excluding ortho intramolecular Hbond substituents is 2. The second-order valence-corrected chi connectivity index (χ2v) is 3.94. The Hall–Kier alpha value is -2.16. The molecule has 17 heavy (non-hydrogen) atoms. The minimum absolute atomic E-state index is 0.224. The third-order valence-electron chi connectivity index (χ3n) is 2.65. The normalized spacial score (nSPS) is 10.2. The molecule has 0 bridgehead atoms. The van der Waals surface area contributed by atoms with E-state index >= 15 is 0 Å². The van der Waals surface area contributed by atoms with Crippen molar-refractivity contribution in [3.05, 3.63) is 53.6 Å². The van der Waals surface area contributed by atoms with Crippen LogP contribution in [0.5, 0.6) is 11.5 Å². The largest absolute Gasteiger partial charge is 0.508 e. The summed E-state index contributed by atoms with van der Waals surface area (Å²) in [6, 6.07) is 12.5. The van der Waals surface area contributed by atoms with E-state index < -0.39 is 0 Å². The van der Waals surface area contributed by atoms with Crippen molar-refractivity contribution in [2.75, 3.05) is 12.4 Å². The van der Waals surface area contributed by atoms with Crippen LogP contribution in [0.2, 0.25) is 0 Å². The average Bonchev–Trinajstić information content (AvgIpc) is 2.31. The number of benzene rings is 2. The van der Waals surface area contributed by atoms with Crippen molar-refractivity contribution in [1.82, 2.24) is 0 Å². The minimum Gasteiger partial charge on any atom is -0.508 e. The number of aromatic hydroxyl groups is 2. The lowest BCUT2D eigenvalue weighted by atomic mass is 10.0. The Kier molecular flexibility index (Phi) is 3.19.